The number of hydrogen-bond acceptors (Lipinski definition) is 3. The van der Waals surface area contributed by atoms with Crippen LogP contribution in [0.1, 0.15) is 27.2 Å². The molecule has 1 amide bonds. The molecule has 0 aliphatic heterocycles. The van der Waals surface area contributed by atoms with E-state index in [2.05, 4.69) is 6.07 Å². The minimum atomic E-state index is -0.453. The van der Waals surface area contributed by atoms with Gasteiger partial charge in [0.05, 0.1) is 18.0 Å². The van der Waals surface area contributed by atoms with E-state index in [4.69, 9.17) is 11.0 Å². The van der Waals surface area contributed by atoms with Crippen LogP contribution < -0.4 is 5.73 Å². The van der Waals surface area contributed by atoms with Crippen molar-refractivity contribution in [3.63, 3.8) is 0 Å². The molecule has 0 fully saturated rings. The van der Waals surface area contributed by atoms with Crippen molar-refractivity contribution in [2.45, 2.75) is 33.2 Å². The van der Waals surface area contributed by atoms with Crippen LogP contribution in [0.5, 0.6) is 0 Å². The van der Waals surface area contributed by atoms with Gasteiger partial charge >= 0.3 is 0 Å². The summed E-state index contributed by atoms with van der Waals surface area (Å²) in [6, 6.07) is 1.65. The quantitative estimate of drug-likeness (QED) is 0.737. The highest BCUT2D eigenvalue weighted by Crippen LogP contribution is 2.08. The van der Waals surface area contributed by atoms with Crippen molar-refractivity contribution in [2.24, 2.45) is 17.6 Å². The van der Waals surface area contributed by atoms with Crippen molar-refractivity contribution < 1.29 is 4.79 Å². The van der Waals surface area contributed by atoms with Crippen molar-refractivity contribution in [1.29, 1.82) is 5.26 Å². The lowest BCUT2D eigenvalue weighted by Gasteiger charge is -2.25. The molecule has 15 heavy (non-hydrogen) atoms. The molecule has 3 atom stereocenters. The molecule has 2 N–H and O–H groups in total. The molecule has 0 aliphatic rings. The molecule has 0 aromatic heterocycles. The van der Waals surface area contributed by atoms with E-state index in [1.54, 1.807) is 18.9 Å². The monoisotopic (exact) mass is 211 g/mol. The van der Waals surface area contributed by atoms with E-state index in [0.717, 1.165) is 6.42 Å². The van der Waals surface area contributed by atoms with E-state index in [-0.39, 0.29) is 17.7 Å². The fourth-order valence-electron chi connectivity index (χ4n) is 1.29. The molecule has 2 unspecified atom stereocenters. The first kappa shape index (κ1) is 13.9. The molecule has 0 rings (SSSR count). The van der Waals surface area contributed by atoms with Gasteiger partial charge in [0.25, 0.3) is 0 Å². The molecule has 0 aliphatic carbocycles. The lowest BCUT2D eigenvalue weighted by molar-refractivity contribution is -0.132. The normalized spacial score (nSPS) is 16.3. The van der Waals surface area contributed by atoms with Gasteiger partial charge in [0.2, 0.25) is 5.91 Å². The fourth-order valence-corrected chi connectivity index (χ4v) is 1.29. The Balaban J connectivity index is 4.26. The molecular weight excluding hydrogens is 190 g/mol. The van der Waals surface area contributed by atoms with Crippen molar-refractivity contribution in [3.05, 3.63) is 0 Å². The largest absolute Gasteiger partial charge is 0.343 e. The maximum atomic E-state index is 11.8. The number of hydrogen-bond donors (Lipinski definition) is 1. The smallest absolute Gasteiger partial charge is 0.239 e. The molecule has 4 heteroatoms. The highest BCUT2D eigenvalue weighted by Gasteiger charge is 2.23. The predicted octanol–water partition coefficient (Wildman–Crippen LogP) is 0.978. The Bertz CT molecular complexity index is 247. The van der Waals surface area contributed by atoms with E-state index in [1.807, 2.05) is 13.8 Å². The summed E-state index contributed by atoms with van der Waals surface area (Å²) in [4.78, 5) is 13.3. The zero-order valence-electron chi connectivity index (χ0n) is 10.0. The van der Waals surface area contributed by atoms with E-state index >= 15 is 0 Å². The zero-order valence-corrected chi connectivity index (χ0v) is 10.0. The van der Waals surface area contributed by atoms with Gasteiger partial charge in [0.1, 0.15) is 0 Å². The first-order valence-corrected chi connectivity index (χ1v) is 5.34. The summed E-state index contributed by atoms with van der Waals surface area (Å²) in [5, 5.41) is 8.64. The van der Waals surface area contributed by atoms with Crippen molar-refractivity contribution in [2.75, 3.05) is 13.6 Å². The highest BCUT2D eigenvalue weighted by molar-refractivity contribution is 5.81. The molecule has 0 saturated heterocycles. The zero-order chi connectivity index (χ0) is 12.0. The van der Waals surface area contributed by atoms with Crippen molar-refractivity contribution in [1.82, 2.24) is 4.90 Å². The molecular formula is C11H21N3O. The van der Waals surface area contributed by atoms with Crippen LogP contribution >= 0.6 is 0 Å². The highest BCUT2D eigenvalue weighted by atomic mass is 16.2. The second kappa shape index (κ2) is 6.41. The Labute approximate surface area is 92.0 Å². The van der Waals surface area contributed by atoms with Gasteiger partial charge in [-0.15, -0.1) is 0 Å². The third-order valence-corrected chi connectivity index (χ3v) is 2.69. The Morgan fingerprint density at radius 2 is 2.07 bits per heavy atom. The van der Waals surface area contributed by atoms with Gasteiger partial charge in [-0.3, -0.25) is 4.79 Å². The van der Waals surface area contributed by atoms with Crippen LogP contribution in [0, 0.1) is 23.2 Å². The first-order valence-electron chi connectivity index (χ1n) is 5.34. The molecule has 0 bridgehead atoms. The van der Waals surface area contributed by atoms with Gasteiger partial charge in [-0.05, 0) is 12.8 Å². The van der Waals surface area contributed by atoms with Crippen LogP contribution in [0.15, 0.2) is 0 Å². The SMILES string of the molecule is CCC(C)[C@H](N)C(=O)N(C)CC(C)C#N. The van der Waals surface area contributed by atoms with E-state index < -0.39 is 6.04 Å². The molecule has 0 heterocycles. The molecule has 0 spiro atoms. The third-order valence-electron chi connectivity index (χ3n) is 2.69. The average molecular weight is 211 g/mol. The van der Waals surface area contributed by atoms with Crippen molar-refractivity contribution >= 4 is 5.91 Å². The third kappa shape index (κ3) is 4.30. The summed E-state index contributed by atoms with van der Waals surface area (Å²) in [6.45, 7) is 6.21. The molecule has 0 radical (unpaired) electrons. The Hall–Kier alpha value is -1.08. The topological polar surface area (TPSA) is 70.1 Å². The minimum absolute atomic E-state index is 0.0774. The number of carbonyl (C=O) groups excluding carboxylic acids is 1. The molecule has 0 aromatic carbocycles. The van der Waals surface area contributed by atoms with Crippen LogP contribution in [0.4, 0.5) is 0 Å². The van der Waals surface area contributed by atoms with Crippen LogP contribution in [-0.2, 0) is 4.79 Å². The van der Waals surface area contributed by atoms with Crippen molar-refractivity contribution in [3.8, 4) is 6.07 Å². The Kier molecular flexibility index (Phi) is 5.95. The number of carbonyl (C=O) groups is 1. The second-order valence-corrected chi connectivity index (χ2v) is 4.16. The molecule has 0 saturated carbocycles. The number of likely N-dealkylation sites (N-methyl/N-ethyl adjacent to an activating group) is 1. The first-order chi connectivity index (χ1) is 6.93. The van der Waals surface area contributed by atoms with Gasteiger partial charge in [-0.25, -0.2) is 0 Å². The van der Waals surface area contributed by atoms with Crippen LogP contribution in [0.25, 0.3) is 0 Å². The molecule has 0 aromatic rings. The standard InChI is InChI=1S/C11H21N3O/c1-5-9(3)10(13)11(15)14(4)7-8(2)6-12/h8-10H,5,7,13H2,1-4H3/t8?,9?,10-/m0/s1. The van der Waals surface area contributed by atoms with E-state index in [0.29, 0.717) is 6.54 Å². The Morgan fingerprint density at radius 3 is 2.47 bits per heavy atom. The number of amides is 1. The summed E-state index contributed by atoms with van der Waals surface area (Å²) < 4.78 is 0. The maximum absolute atomic E-state index is 11.8. The van der Waals surface area contributed by atoms with Gasteiger partial charge in [-0.2, -0.15) is 5.26 Å². The maximum Gasteiger partial charge on any atom is 0.239 e. The summed E-state index contributed by atoms with van der Waals surface area (Å²) >= 11 is 0. The number of nitrogens with zero attached hydrogens (tertiary/aromatic N) is 2. The number of rotatable bonds is 5. The molecule has 4 nitrogen and oxygen atoms in total. The lowest BCUT2D eigenvalue weighted by Crippen LogP contribution is -2.46. The average Bonchev–Trinajstić information content (AvgIpc) is 2.25. The van der Waals surface area contributed by atoms with Gasteiger partial charge < -0.3 is 10.6 Å². The summed E-state index contributed by atoms with van der Waals surface area (Å²) in [5.74, 6) is -0.0492. The van der Waals surface area contributed by atoms with Crippen LogP contribution in [0.3, 0.4) is 0 Å². The summed E-state index contributed by atoms with van der Waals surface area (Å²) in [7, 11) is 1.69. The van der Waals surface area contributed by atoms with Crippen LogP contribution in [0.2, 0.25) is 0 Å². The van der Waals surface area contributed by atoms with Gasteiger partial charge in [-0.1, -0.05) is 20.3 Å². The fraction of sp³-hybridized carbons (Fsp3) is 0.818. The Morgan fingerprint density at radius 1 is 1.53 bits per heavy atom. The minimum Gasteiger partial charge on any atom is -0.343 e. The second-order valence-electron chi connectivity index (χ2n) is 4.16. The predicted molar refractivity (Wildman–Crippen MR) is 59.8 cm³/mol. The van der Waals surface area contributed by atoms with Gasteiger partial charge in [0, 0.05) is 13.6 Å². The van der Waals surface area contributed by atoms with Crippen LogP contribution in [-0.4, -0.2) is 30.4 Å². The lowest BCUT2D eigenvalue weighted by atomic mass is 9.99. The number of nitrogens with two attached hydrogens (primary N) is 1. The summed E-state index contributed by atoms with van der Waals surface area (Å²) in [5.41, 5.74) is 5.82. The number of nitriles is 1. The molecule has 86 valence electrons. The van der Waals surface area contributed by atoms with E-state index in [1.165, 1.54) is 0 Å². The summed E-state index contributed by atoms with van der Waals surface area (Å²) in [6.07, 6.45) is 0.883. The van der Waals surface area contributed by atoms with E-state index in [9.17, 15) is 4.79 Å². The van der Waals surface area contributed by atoms with Gasteiger partial charge in [0.15, 0.2) is 0 Å².